The van der Waals surface area contributed by atoms with Crippen LogP contribution in [-0.4, -0.2) is 0 Å². The molecule has 0 saturated carbocycles. The van der Waals surface area contributed by atoms with E-state index in [1.54, 1.807) is 18.2 Å². The van der Waals surface area contributed by atoms with Crippen molar-refractivity contribution in [2.75, 3.05) is 5.73 Å². The summed E-state index contributed by atoms with van der Waals surface area (Å²) in [5, 5.41) is 0. The van der Waals surface area contributed by atoms with Gasteiger partial charge in [0.25, 0.3) is 0 Å². The lowest BCUT2D eigenvalue weighted by Crippen LogP contribution is -2.19. The normalized spacial score (nSPS) is 12.5. The van der Waals surface area contributed by atoms with Gasteiger partial charge in [0.1, 0.15) is 0 Å². The van der Waals surface area contributed by atoms with E-state index in [0.29, 0.717) is 11.6 Å². The number of nitrogen functional groups attached to an aromatic ring is 1. The molecule has 0 bridgehead atoms. The molecule has 112 valence electrons. The van der Waals surface area contributed by atoms with E-state index in [1.165, 1.54) is 12.1 Å². The number of rotatable bonds is 1. The molecule has 0 aliphatic carbocycles. The van der Waals surface area contributed by atoms with E-state index in [9.17, 15) is 26.3 Å². The Labute approximate surface area is 116 Å². The Morgan fingerprint density at radius 1 is 0.714 bits per heavy atom. The van der Waals surface area contributed by atoms with Crippen molar-refractivity contribution in [3.63, 3.8) is 0 Å². The molecule has 2 aromatic carbocycles. The SMILES string of the molecule is Nc1c(-c2ccccc2)ccc(C(F)(F)F)c1C(F)(F)F. The minimum absolute atomic E-state index is 0.0871. The topological polar surface area (TPSA) is 26.0 Å². The standard InChI is InChI=1S/C14H9F6N/c15-13(16,17)10-7-6-9(8-4-2-1-3-5-8)12(21)11(10)14(18,19)20/h1-7H,21H2. The summed E-state index contributed by atoms with van der Waals surface area (Å²) in [7, 11) is 0. The molecule has 0 heterocycles. The van der Waals surface area contributed by atoms with Crippen molar-refractivity contribution in [3.8, 4) is 11.1 Å². The second kappa shape index (κ2) is 4.98. The van der Waals surface area contributed by atoms with Crippen molar-refractivity contribution in [2.24, 2.45) is 0 Å². The molecule has 2 rings (SSSR count). The average molecular weight is 305 g/mol. The van der Waals surface area contributed by atoms with Crippen LogP contribution in [0.2, 0.25) is 0 Å². The van der Waals surface area contributed by atoms with Gasteiger partial charge >= 0.3 is 12.4 Å². The van der Waals surface area contributed by atoms with Crippen LogP contribution in [0.25, 0.3) is 11.1 Å². The monoisotopic (exact) mass is 305 g/mol. The fourth-order valence-electron chi connectivity index (χ4n) is 2.03. The minimum atomic E-state index is -5.19. The van der Waals surface area contributed by atoms with Crippen LogP contribution in [0.1, 0.15) is 11.1 Å². The predicted octanol–water partition coefficient (Wildman–Crippen LogP) is 4.97. The highest BCUT2D eigenvalue weighted by molar-refractivity contribution is 5.80. The van der Waals surface area contributed by atoms with Gasteiger partial charge < -0.3 is 5.73 Å². The van der Waals surface area contributed by atoms with Crippen LogP contribution in [0.4, 0.5) is 32.0 Å². The van der Waals surface area contributed by atoms with Crippen LogP contribution in [0.15, 0.2) is 42.5 Å². The van der Waals surface area contributed by atoms with Crippen molar-refractivity contribution in [1.29, 1.82) is 0 Å². The highest BCUT2D eigenvalue weighted by Gasteiger charge is 2.45. The molecular weight excluding hydrogens is 296 g/mol. The number of anilines is 1. The lowest BCUT2D eigenvalue weighted by molar-refractivity contribution is -0.161. The van der Waals surface area contributed by atoms with Gasteiger partial charge in [-0.3, -0.25) is 0 Å². The molecular formula is C14H9F6N. The Balaban J connectivity index is 2.75. The first-order chi connectivity index (χ1) is 9.62. The van der Waals surface area contributed by atoms with Crippen molar-refractivity contribution in [1.82, 2.24) is 0 Å². The molecule has 0 fully saturated rings. The van der Waals surface area contributed by atoms with Crippen molar-refractivity contribution < 1.29 is 26.3 Å². The van der Waals surface area contributed by atoms with Crippen LogP contribution in [-0.2, 0) is 12.4 Å². The summed E-state index contributed by atoms with van der Waals surface area (Å²) in [5.74, 6) is 0. The molecule has 0 unspecified atom stereocenters. The summed E-state index contributed by atoms with van der Waals surface area (Å²) in [4.78, 5) is 0. The average Bonchev–Trinajstić information content (AvgIpc) is 2.36. The Morgan fingerprint density at radius 2 is 1.29 bits per heavy atom. The molecule has 0 aliphatic rings. The fraction of sp³-hybridized carbons (Fsp3) is 0.143. The first-order valence-corrected chi connectivity index (χ1v) is 5.74. The third-order valence-corrected chi connectivity index (χ3v) is 2.92. The number of hydrogen-bond donors (Lipinski definition) is 1. The van der Waals surface area contributed by atoms with Crippen molar-refractivity contribution in [2.45, 2.75) is 12.4 Å². The Bertz CT molecular complexity index is 643. The molecule has 21 heavy (non-hydrogen) atoms. The number of alkyl halides is 6. The third kappa shape index (κ3) is 2.96. The van der Waals surface area contributed by atoms with Crippen molar-refractivity contribution in [3.05, 3.63) is 53.6 Å². The van der Waals surface area contributed by atoms with Crippen LogP contribution in [0, 0.1) is 0 Å². The number of halogens is 6. The Hall–Kier alpha value is -2.18. The van der Waals surface area contributed by atoms with Gasteiger partial charge in [-0.05, 0) is 11.6 Å². The summed E-state index contributed by atoms with van der Waals surface area (Å²) in [5.41, 5.74) is 1.04. The molecule has 7 heteroatoms. The van der Waals surface area contributed by atoms with Gasteiger partial charge in [-0.25, -0.2) is 0 Å². The molecule has 2 aromatic rings. The van der Waals surface area contributed by atoms with Gasteiger partial charge in [0, 0.05) is 5.56 Å². The summed E-state index contributed by atoms with van der Waals surface area (Å²) >= 11 is 0. The maximum absolute atomic E-state index is 13.0. The number of nitrogens with two attached hydrogens (primary N) is 1. The van der Waals surface area contributed by atoms with E-state index in [-0.39, 0.29) is 5.56 Å². The lowest BCUT2D eigenvalue weighted by atomic mass is 9.95. The van der Waals surface area contributed by atoms with Crippen LogP contribution < -0.4 is 5.73 Å². The Kier molecular flexibility index (Phi) is 3.61. The molecule has 0 aliphatic heterocycles. The quantitative estimate of drug-likeness (QED) is 0.584. The van der Waals surface area contributed by atoms with Gasteiger partial charge in [0.15, 0.2) is 0 Å². The van der Waals surface area contributed by atoms with Crippen LogP contribution in [0.5, 0.6) is 0 Å². The van der Waals surface area contributed by atoms with Crippen LogP contribution >= 0.6 is 0 Å². The summed E-state index contributed by atoms with van der Waals surface area (Å²) in [6.45, 7) is 0. The second-order valence-electron chi connectivity index (χ2n) is 4.31. The lowest BCUT2D eigenvalue weighted by Gasteiger charge is -2.19. The van der Waals surface area contributed by atoms with Crippen LogP contribution in [0.3, 0.4) is 0 Å². The highest BCUT2D eigenvalue weighted by Crippen LogP contribution is 2.46. The molecule has 0 atom stereocenters. The van der Waals surface area contributed by atoms with E-state index in [2.05, 4.69) is 0 Å². The molecule has 0 saturated heterocycles. The summed E-state index contributed by atoms with van der Waals surface area (Å²) < 4.78 is 77.1. The fourth-order valence-corrected chi connectivity index (χ4v) is 2.03. The summed E-state index contributed by atoms with van der Waals surface area (Å²) in [6, 6.07) is 9.04. The first-order valence-electron chi connectivity index (χ1n) is 5.74. The number of hydrogen-bond acceptors (Lipinski definition) is 1. The zero-order valence-corrected chi connectivity index (χ0v) is 10.4. The summed E-state index contributed by atoms with van der Waals surface area (Å²) in [6.07, 6.45) is -10.3. The predicted molar refractivity (Wildman–Crippen MR) is 66.3 cm³/mol. The Morgan fingerprint density at radius 3 is 1.76 bits per heavy atom. The molecule has 1 nitrogen and oxygen atoms in total. The van der Waals surface area contributed by atoms with E-state index < -0.39 is 29.2 Å². The molecule has 0 spiro atoms. The zero-order valence-electron chi connectivity index (χ0n) is 10.4. The maximum Gasteiger partial charge on any atom is 0.419 e. The van der Waals surface area contributed by atoms with E-state index in [4.69, 9.17) is 5.73 Å². The smallest absolute Gasteiger partial charge is 0.398 e. The zero-order chi connectivity index (χ0) is 15.8. The van der Waals surface area contributed by atoms with Gasteiger partial charge in [-0.2, -0.15) is 26.3 Å². The highest BCUT2D eigenvalue weighted by atomic mass is 19.4. The molecule has 0 radical (unpaired) electrons. The van der Waals surface area contributed by atoms with Gasteiger partial charge in [0.05, 0.1) is 16.8 Å². The first kappa shape index (κ1) is 15.2. The van der Waals surface area contributed by atoms with Gasteiger partial charge in [-0.15, -0.1) is 0 Å². The van der Waals surface area contributed by atoms with Gasteiger partial charge in [0.2, 0.25) is 0 Å². The van der Waals surface area contributed by atoms with Gasteiger partial charge in [-0.1, -0.05) is 36.4 Å². The van der Waals surface area contributed by atoms with E-state index in [1.807, 2.05) is 0 Å². The van der Waals surface area contributed by atoms with E-state index >= 15 is 0 Å². The van der Waals surface area contributed by atoms with Crippen molar-refractivity contribution >= 4 is 5.69 Å². The maximum atomic E-state index is 13.0. The van der Waals surface area contributed by atoms with E-state index in [0.717, 1.165) is 6.07 Å². The number of benzene rings is 2. The minimum Gasteiger partial charge on any atom is -0.398 e. The largest absolute Gasteiger partial charge is 0.419 e. The molecule has 0 aromatic heterocycles. The molecule has 2 N–H and O–H groups in total. The molecule has 0 amide bonds. The third-order valence-electron chi connectivity index (χ3n) is 2.92. The second-order valence-corrected chi connectivity index (χ2v) is 4.31.